The van der Waals surface area contributed by atoms with Crippen molar-refractivity contribution in [2.45, 2.75) is 116 Å². The molecule has 0 unspecified atom stereocenters. The van der Waals surface area contributed by atoms with Gasteiger partial charge in [0.05, 0.1) is 26.2 Å². The van der Waals surface area contributed by atoms with Crippen LogP contribution in [0, 0.1) is 0 Å². The van der Waals surface area contributed by atoms with Crippen LogP contribution in [0.3, 0.4) is 0 Å². The first-order valence-electron chi connectivity index (χ1n) is 12.8. The second-order valence-corrected chi connectivity index (χ2v) is 8.49. The lowest BCUT2D eigenvalue weighted by Crippen LogP contribution is -2.61. The van der Waals surface area contributed by atoms with Crippen molar-refractivity contribution in [2.75, 3.05) is 40.1 Å². The number of ether oxygens (including phenoxy) is 6. The summed E-state index contributed by atoms with van der Waals surface area (Å²) in [7, 11) is 1.40. The van der Waals surface area contributed by atoms with Gasteiger partial charge in [0, 0.05) is 26.4 Å². The molecule has 7 nitrogen and oxygen atoms in total. The van der Waals surface area contributed by atoms with Crippen molar-refractivity contribution in [1.29, 1.82) is 0 Å². The monoisotopic (exact) mass is 460 g/mol. The van der Waals surface area contributed by atoms with Gasteiger partial charge in [-0.05, 0) is 25.7 Å². The van der Waals surface area contributed by atoms with Gasteiger partial charge < -0.3 is 28.4 Å². The van der Waals surface area contributed by atoms with Crippen LogP contribution < -0.4 is 0 Å². The molecule has 1 heterocycles. The van der Waals surface area contributed by atoms with E-state index >= 15 is 0 Å². The molecule has 190 valence electrons. The molecule has 0 aromatic heterocycles. The highest BCUT2D eigenvalue weighted by molar-refractivity contribution is 5.69. The SMILES string of the molecule is CCCCOC[C@H]1O[C@H](CC(=O)OC)[C@@H](OCCCC)[C@@H](OCCCC)[C@@H]1OCCCC. The molecule has 0 aromatic rings. The minimum atomic E-state index is -0.461. The first-order valence-corrected chi connectivity index (χ1v) is 12.8. The zero-order valence-corrected chi connectivity index (χ0v) is 21.1. The molecule has 0 radical (unpaired) electrons. The number of carbonyl (C=O) groups is 1. The fourth-order valence-electron chi connectivity index (χ4n) is 3.67. The number of hydrogen-bond donors (Lipinski definition) is 0. The summed E-state index contributed by atoms with van der Waals surface area (Å²) in [5.41, 5.74) is 0. The van der Waals surface area contributed by atoms with Crippen molar-refractivity contribution in [3.8, 4) is 0 Å². The maximum absolute atomic E-state index is 12.2. The molecule has 1 aliphatic heterocycles. The van der Waals surface area contributed by atoms with Crippen LogP contribution in [-0.2, 0) is 33.2 Å². The van der Waals surface area contributed by atoms with Crippen LogP contribution in [0.1, 0.15) is 85.5 Å². The molecule has 7 heteroatoms. The van der Waals surface area contributed by atoms with Crippen LogP contribution in [0.5, 0.6) is 0 Å². The molecule has 0 aromatic carbocycles. The molecule has 0 bridgehead atoms. The van der Waals surface area contributed by atoms with Crippen molar-refractivity contribution in [1.82, 2.24) is 0 Å². The van der Waals surface area contributed by atoms with E-state index in [1.807, 2.05) is 0 Å². The fourth-order valence-corrected chi connectivity index (χ4v) is 3.67. The van der Waals surface area contributed by atoms with E-state index in [1.165, 1.54) is 7.11 Å². The zero-order chi connectivity index (χ0) is 23.6. The molecule has 1 rings (SSSR count). The van der Waals surface area contributed by atoms with Crippen LogP contribution in [0.4, 0.5) is 0 Å². The van der Waals surface area contributed by atoms with E-state index in [1.54, 1.807) is 0 Å². The molecule has 0 spiro atoms. The molecule has 5 atom stereocenters. The summed E-state index contributed by atoms with van der Waals surface area (Å²) >= 11 is 0. The van der Waals surface area contributed by atoms with Crippen LogP contribution in [-0.4, -0.2) is 76.6 Å². The molecule has 0 saturated carbocycles. The molecular weight excluding hydrogens is 412 g/mol. The maximum atomic E-state index is 12.2. The van der Waals surface area contributed by atoms with Gasteiger partial charge in [-0.25, -0.2) is 0 Å². The van der Waals surface area contributed by atoms with E-state index in [2.05, 4.69) is 27.7 Å². The van der Waals surface area contributed by atoms with E-state index < -0.39 is 12.2 Å². The number of hydrogen-bond acceptors (Lipinski definition) is 7. The topological polar surface area (TPSA) is 72.5 Å². The maximum Gasteiger partial charge on any atom is 0.308 e. The molecule has 0 amide bonds. The Hall–Kier alpha value is -0.730. The predicted molar refractivity (Wildman–Crippen MR) is 125 cm³/mol. The van der Waals surface area contributed by atoms with Gasteiger partial charge in [0.15, 0.2) is 0 Å². The van der Waals surface area contributed by atoms with Gasteiger partial charge in [-0.15, -0.1) is 0 Å². The normalized spacial score (nSPS) is 25.7. The van der Waals surface area contributed by atoms with Gasteiger partial charge in [0.2, 0.25) is 0 Å². The molecule has 1 aliphatic rings. The molecule has 0 aliphatic carbocycles. The van der Waals surface area contributed by atoms with Crippen molar-refractivity contribution >= 4 is 5.97 Å². The van der Waals surface area contributed by atoms with Gasteiger partial charge in [0.25, 0.3) is 0 Å². The molecular formula is C25H48O7. The number of esters is 1. The second kappa shape index (κ2) is 18.7. The summed E-state index contributed by atoms with van der Waals surface area (Å²) < 4.78 is 36.2. The Morgan fingerprint density at radius 3 is 1.66 bits per heavy atom. The smallest absolute Gasteiger partial charge is 0.308 e. The lowest BCUT2D eigenvalue weighted by molar-refractivity contribution is -0.266. The van der Waals surface area contributed by atoms with Crippen LogP contribution >= 0.6 is 0 Å². The van der Waals surface area contributed by atoms with Crippen molar-refractivity contribution in [3.05, 3.63) is 0 Å². The first-order chi connectivity index (χ1) is 15.6. The van der Waals surface area contributed by atoms with E-state index in [-0.39, 0.29) is 30.7 Å². The second-order valence-electron chi connectivity index (χ2n) is 8.49. The van der Waals surface area contributed by atoms with Crippen LogP contribution in [0.15, 0.2) is 0 Å². The van der Waals surface area contributed by atoms with Crippen LogP contribution in [0.25, 0.3) is 0 Å². The first kappa shape index (κ1) is 29.3. The Morgan fingerprint density at radius 1 is 0.688 bits per heavy atom. The largest absolute Gasteiger partial charge is 0.469 e. The minimum Gasteiger partial charge on any atom is -0.469 e. The minimum absolute atomic E-state index is 0.119. The highest BCUT2D eigenvalue weighted by Crippen LogP contribution is 2.31. The van der Waals surface area contributed by atoms with Crippen molar-refractivity contribution in [2.24, 2.45) is 0 Å². The Bertz CT molecular complexity index is 460. The number of rotatable bonds is 19. The summed E-state index contributed by atoms with van der Waals surface area (Å²) in [6.45, 7) is 11.5. The standard InChI is InChI=1S/C25H48O7/c1-6-10-14-28-19-21-24(30-16-12-8-3)25(31-17-13-9-4)23(29-15-11-7-2)20(32-21)18-22(26)27-5/h20-21,23-25H,6-19H2,1-5H3/t20-,21-,23-,24-,25-/m1/s1. The third kappa shape index (κ3) is 10.9. The predicted octanol–water partition coefficient (Wildman–Crippen LogP) is 4.69. The average Bonchev–Trinajstić information content (AvgIpc) is 2.79. The molecule has 0 N–H and O–H groups in total. The third-order valence-electron chi connectivity index (χ3n) is 5.67. The number of carbonyl (C=O) groups excluding carboxylic acids is 1. The van der Waals surface area contributed by atoms with E-state index in [0.29, 0.717) is 33.0 Å². The van der Waals surface area contributed by atoms with Crippen molar-refractivity contribution < 1.29 is 33.2 Å². The summed E-state index contributed by atoms with van der Waals surface area (Å²) in [6.07, 6.45) is 6.37. The summed E-state index contributed by atoms with van der Waals surface area (Å²) in [4.78, 5) is 12.2. The Kier molecular flexibility index (Phi) is 17.1. The van der Waals surface area contributed by atoms with Crippen LogP contribution in [0.2, 0.25) is 0 Å². The van der Waals surface area contributed by atoms with Gasteiger partial charge in [-0.1, -0.05) is 53.4 Å². The van der Waals surface area contributed by atoms with E-state index in [0.717, 1.165) is 51.4 Å². The fraction of sp³-hybridized carbons (Fsp3) is 0.960. The van der Waals surface area contributed by atoms with E-state index in [9.17, 15) is 4.79 Å². The lowest BCUT2D eigenvalue weighted by atomic mass is 9.92. The van der Waals surface area contributed by atoms with Gasteiger partial charge in [0.1, 0.15) is 24.4 Å². The van der Waals surface area contributed by atoms with E-state index in [4.69, 9.17) is 28.4 Å². The Balaban J connectivity index is 3.10. The van der Waals surface area contributed by atoms with Crippen molar-refractivity contribution in [3.63, 3.8) is 0 Å². The van der Waals surface area contributed by atoms with Gasteiger partial charge in [-0.2, -0.15) is 0 Å². The Labute approximate surface area is 195 Å². The molecule has 32 heavy (non-hydrogen) atoms. The summed E-state index contributed by atoms with van der Waals surface area (Å²) in [5, 5.41) is 0. The summed E-state index contributed by atoms with van der Waals surface area (Å²) in [6, 6.07) is 0. The number of methoxy groups -OCH3 is 1. The molecule has 1 fully saturated rings. The Morgan fingerprint density at radius 2 is 1.16 bits per heavy atom. The van der Waals surface area contributed by atoms with Gasteiger partial charge in [-0.3, -0.25) is 4.79 Å². The third-order valence-corrected chi connectivity index (χ3v) is 5.67. The van der Waals surface area contributed by atoms with Gasteiger partial charge >= 0.3 is 5.97 Å². The zero-order valence-electron chi connectivity index (χ0n) is 21.1. The molecule has 1 saturated heterocycles. The number of unbranched alkanes of at least 4 members (excludes halogenated alkanes) is 4. The average molecular weight is 461 g/mol. The summed E-state index contributed by atoms with van der Waals surface area (Å²) in [5.74, 6) is -0.317. The quantitative estimate of drug-likeness (QED) is 0.204. The highest BCUT2D eigenvalue weighted by Gasteiger charge is 2.48. The highest BCUT2D eigenvalue weighted by atomic mass is 16.6. The lowest BCUT2D eigenvalue weighted by Gasteiger charge is -2.46.